The summed E-state index contributed by atoms with van der Waals surface area (Å²) in [6.07, 6.45) is 0. The van der Waals surface area contributed by atoms with Crippen molar-refractivity contribution in [3.05, 3.63) is 35.4 Å². The minimum atomic E-state index is 0.172. The van der Waals surface area contributed by atoms with Crippen molar-refractivity contribution in [2.75, 3.05) is 32.7 Å². The van der Waals surface area contributed by atoms with Gasteiger partial charge in [0.1, 0.15) is 0 Å². The number of carbonyl (C=O) groups excluding carboxylic acids is 1. The fourth-order valence-electron chi connectivity index (χ4n) is 2.11. The molecule has 0 aliphatic carbocycles. The molecule has 0 radical (unpaired) electrons. The molecule has 2 rings (SSSR count). The van der Waals surface area contributed by atoms with Gasteiger partial charge in [-0.1, -0.05) is 29.5 Å². The molecule has 0 unspecified atom stereocenters. The van der Waals surface area contributed by atoms with Gasteiger partial charge < -0.3 is 4.90 Å². The second-order valence-electron chi connectivity index (χ2n) is 4.95. The SMILES string of the molecule is CC(=O)N1CCN(CC#Cc2ccc(C)cc2)CC1. The Morgan fingerprint density at radius 1 is 1.16 bits per heavy atom. The first-order valence-electron chi connectivity index (χ1n) is 6.68. The number of benzene rings is 1. The van der Waals surface area contributed by atoms with Crippen LogP contribution in [0, 0.1) is 18.8 Å². The molecule has 1 saturated heterocycles. The molecular weight excluding hydrogens is 236 g/mol. The van der Waals surface area contributed by atoms with E-state index in [1.165, 1.54) is 5.56 Å². The van der Waals surface area contributed by atoms with Crippen molar-refractivity contribution in [1.29, 1.82) is 0 Å². The average Bonchev–Trinajstić information content (AvgIpc) is 2.41. The number of carbonyl (C=O) groups is 1. The predicted molar refractivity (Wildman–Crippen MR) is 76.8 cm³/mol. The molecular formula is C16H20N2O. The van der Waals surface area contributed by atoms with Crippen LogP contribution in [-0.4, -0.2) is 48.4 Å². The lowest BCUT2D eigenvalue weighted by Crippen LogP contribution is -2.47. The van der Waals surface area contributed by atoms with Crippen molar-refractivity contribution in [2.24, 2.45) is 0 Å². The summed E-state index contributed by atoms with van der Waals surface area (Å²) in [5, 5.41) is 0. The molecule has 0 atom stereocenters. The van der Waals surface area contributed by atoms with E-state index in [0.717, 1.165) is 38.3 Å². The van der Waals surface area contributed by atoms with E-state index in [1.54, 1.807) is 6.92 Å². The standard InChI is InChI=1S/C16H20N2O/c1-14-5-7-16(8-6-14)4-3-9-17-10-12-18(13-11-17)15(2)19/h5-8H,9-13H2,1-2H3. The molecule has 3 nitrogen and oxygen atoms in total. The van der Waals surface area contributed by atoms with Gasteiger partial charge in [0.05, 0.1) is 6.54 Å². The summed E-state index contributed by atoms with van der Waals surface area (Å²) in [5.41, 5.74) is 2.32. The quantitative estimate of drug-likeness (QED) is 0.711. The predicted octanol–water partition coefficient (Wildman–Crippen LogP) is 1.51. The lowest BCUT2D eigenvalue weighted by atomic mass is 10.1. The second kappa shape index (κ2) is 6.40. The Morgan fingerprint density at radius 2 is 1.79 bits per heavy atom. The average molecular weight is 256 g/mol. The van der Waals surface area contributed by atoms with Crippen LogP contribution in [-0.2, 0) is 4.79 Å². The number of rotatable bonds is 1. The molecule has 19 heavy (non-hydrogen) atoms. The third-order valence-electron chi connectivity index (χ3n) is 3.40. The van der Waals surface area contributed by atoms with Gasteiger partial charge in [-0.15, -0.1) is 0 Å². The summed E-state index contributed by atoms with van der Waals surface area (Å²) in [7, 11) is 0. The maximum Gasteiger partial charge on any atom is 0.219 e. The van der Waals surface area contributed by atoms with E-state index >= 15 is 0 Å². The van der Waals surface area contributed by atoms with E-state index in [9.17, 15) is 4.79 Å². The highest BCUT2D eigenvalue weighted by atomic mass is 16.2. The van der Waals surface area contributed by atoms with Crippen LogP contribution in [0.4, 0.5) is 0 Å². The van der Waals surface area contributed by atoms with Crippen LogP contribution in [0.25, 0.3) is 0 Å². The van der Waals surface area contributed by atoms with Crippen molar-refractivity contribution in [2.45, 2.75) is 13.8 Å². The fourth-order valence-corrected chi connectivity index (χ4v) is 2.11. The smallest absolute Gasteiger partial charge is 0.219 e. The normalized spacial score (nSPS) is 15.8. The van der Waals surface area contributed by atoms with Gasteiger partial charge in [0.2, 0.25) is 5.91 Å². The van der Waals surface area contributed by atoms with E-state index < -0.39 is 0 Å². The third-order valence-corrected chi connectivity index (χ3v) is 3.40. The maximum absolute atomic E-state index is 11.2. The summed E-state index contributed by atoms with van der Waals surface area (Å²) in [4.78, 5) is 15.4. The van der Waals surface area contributed by atoms with Gasteiger partial charge in [-0.25, -0.2) is 0 Å². The van der Waals surface area contributed by atoms with Crippen LogP contribution in [0.1, 0.15) is 18.1 Å². The lowest BCUT2D eigenvalue weighted by molar-refractivity contribution is -0.130. The molecule has 1 aromatic carbocycles. The van der Waals surface area contributed by atoms with Gasteiger partial charge in [-0.05, 0) is 19.1 Å². The molecule has 3 heteroatoms. The van der Waals surface area contributed by atoms with Gasteiger partial charge >= 0.3 is 0 Å². The Hall–Kier alpha value is -1.79. The first-order chi connectivity index (χ1) is 9.15. The Kier molecular flexibility index (Phi) is 4.59. The van der Waals surface area contributed by atoms with Gasteiger partial charge in [0.25, 0.3) is 0 Å². The summed E-state index contributed by atoms with van der Waals surface area (Å²) >= 11 is 0. The van der Waals surface area contributed by atoms with E-state index in [4.69, 9.17) is 0 Å². The highest BCUT2D eigenvalue weighted by Gasteiger charge is 2.17. The number of hydrogen-bond acceptors (Lipinski definition) is 2. The third kappa shape index (κ3) is 4.11. The van der Waals surface area contributed by atoms with E-state index in [1.807, 2.05) is 4.90 Å². The summed E-state index contributed by atoms with van der Waals surface area (Å²) in [6.45, 7) is 7.96. The van der Waals surface area contributed by atoms with Crippen LogP contribution >= 0.6 is 0 Å². The Bertz CT molecular complexity index is 488. The van der Waals surface area contributed by atoms with Gasteiger partial charge in [-0.2, -0.15) is 0 Å². The van der Waals surface area contributed by atoms with E-state index in [0.29, 0.717) is 0 Å². The minimum Gasteiger partial charge on any atom is -0.340 e. The van der Waals surface area contributed by atoms with Crippen LogP contribution in [0.5, 0.6) is 0 Å². The highest BCUT2D eigenvalue weighted by molar-refractivity contribution is 5.73. The summed E-state index contributed by atoms with van der Waals surface area (Å²) < 4.78 is 0. The Balaban J connectivity index is 1.81. The number of nitrogens with zero attached hydrogens (tertiary/aromatic N) is 2. The number of aryl methyl sites for hydroxylation is 1. The molecule has 0 bridgehead atoms. The summed E-state index contributed by atoms with van der Waals surface area (Å²) in [6, 6.07) is 8.26. The van der Waals surface area contributed by atoms with Gasteiger partial charge in [0.15, 0.2) is 0 Å². The molecule has 1 heterocycles. The monoisotopic (exact) mass is 256 g/mol. The maximum atomic E-state index is 11.2. The zero-order chi connectivity index (χ0) is 13.7. The topological polar surface area (TPSA) is 23.6 Å². The zero-order valence-corrected chi connectivity index (χ0v) is 11.6. The van der Waals surface area contributed by atoms with Crippen molar-refractivity contribution in [3.63, 3.8) is 0 Å². The highest BCUT2D eigenvalue weighted by Crippen LogP contribution is 2.02. The molecule has 0 spiro atoms. The fraction of sp³-hybridized carbons (Fsp3) is 0.438. The van der Waals surface area contributed by atoms with Crippen LogP contribution in [0.15, 0.2) is 24.3 Å². The first kappa shape index (κ1) is 13.6. The van der Waals surface area contributed by atoms with Crippen molar-refractivity contribution >= 4 is 5.91 Å². The Morgan fingerprint density at radius 3 is 2.37 bits per heavy atom. The van der Waals surface area contributed by atoms with E-state index in [2.05, 4.69) is 47.9 Å². The number of piperazine rings is 1. The number of amides is 1. The largest absolute Gasteiger partial charge is 0.340 e. The molecule has 1 aromatic rings. The van der Waals surface area contributed by atoms with Crippen LogP contribution in [0.3, 0.4) is 0 Å². The molecule has 0 saturated carbocycles. The Labute approximate surface area is 115 Å². The summed E-state index contributed by atoms with van der Waals surface area (Å²) in [5.74, 6) is 6.56. The van der Waals surface area contributed by atoms with Crippen LogP contribution in [0.2, 0.25) is 0 Å². The van der Waals surface area contributed by atoms with Gasteiger partial charge in [0, 0.05) is 38.7 Å². The van der Waals surface area contributed by atoms with Crippen molar-refractivity contribution in [3.8, 4) is 11.8 Å². The van der Waals surface area contributed by atoms with E-state index in [-0.39, 0.29) is 5.91 Å². The molecule has 1 amide bonds. The molecule has 1 fully saturated rings. The number of hydrogen-bond donors (Lipinski definition) is 0. The van der Waals surface area contributed by atoms with Crippen molar-refractivity contribution < 1.29 is 4.79 Å². The molecule has 100 valence electrons. The molecule has 1 aliphatic heterocycles. The van der Waals surface area contributed by atoms with Gasteiger partial charge in [-0.3, -0.25) is 9.69 Å². The van der Waals surface area contributed by atoms with Crippen molar-refractivity contribution in [1.82, 2.24) is 9.80 Å². The van der Waals surface area contributed by atoms with Crippen LogP contribution < -0.4 is 0 Å². The molecule has 0 N–H and O–H groups in total. The molecule has 1 aliphatic rings. The zero-order valence-electron chi connectivity index (χ0n) is 11.6. The minimum absolute atomic E-state index is 0.172. The lowest BCUT2D eigenvalue weighted by Gasteiger charge is -2.32. The second-order valence-corrected chi connectivity index (χ2v) is 4.95. The first-order valence-corrected chi connectivity index (χ1v) is 6.68. The molecule has 0 aromatic heterocycles.